The lowest BCUT2D eigenvalue weighted by molar-refractivity contribution is -0.0121. The first-order valence-corrected chi connectivity index (χ1v) is 10.4. The zero-order chi connectivity index (χ0) is 18.4. The minimum atomic E-state index is -0.204. The molecule has 1 atom stereocenters. The fraction of sp³-hybridized carbons (Fsp3) is 0.632. The summed E-state index contributed by atoms with van der Waals surface area (Å²) in [5.74, 6) is 3.03. The van der Waals surface area contributed by atoms with E-state index in [0.29, 0.717) is 6.54 Å². The molecule has 2 aliphatic rings. The number of nitrogens with zero attached hydrogens (tertiary/aromatic N) is 3. The maximum Gasteiger partial charge on any atom is 0.193 e. The highest BCUT2D eigenvalue weighted by Gasteiger charge is 2.40. The molecule has 2 fully saturated rings. The number of aliphatic imine (C=N–C) groups is 1. The van der Waals surface area contributed by atoms with Crippen molar-refractivity contribution in [1.29, 1.82) is 0 Å². The second-order valence-electron chi connectivity index (χ2n) is 7.01. The summed E-state index contributed by atoms with van der Waals surface area (Å²) in [7, 11) is 3.83. The van der Waals surface area contributed by atoms with Crippen LogP contribution in [0.25, 0.3) is 0 Å². The Hall–Kier alpha value is -0.580. The first kappa shape index (κ1) is 22.7. The molecule has 1 aromatic rings. The van der Waals surface area contributed by atoms with E-state index in [2.05, 4.69) is 20.1 Å². The number of halogens is 2. The van der Waals surface area contributed by atoms with Crippen molar-refractivity contribution in [2.75, 3.05) is 58.4 Å². The van der Waals surface area contributed by atoms with E-state index in [1.165, 1.54) is 24.3 Å². The number of hydrogen-bond donors (Lipinski definition) is 1. The lowest BCUT2D eigenvalue weighted by Gasteiger charge is -2.43. The summed E-state index contributed by atoms with van der Waals surface area (Å²) in [5, 5.41) is 3.59. The normalized spacial score (nSPS) is 23.7. The van der Waals surface area contributed by atoms with Crippen LogP contribution in [0, 0.1) is 5.82 Å². The van der Waals surface area contributed by atoms with Crippen molar-refractivity contribution in [2.24, 2.45) is 4.99 Å². The molecule has 2 heterocycles. The lowest BCUT2D eigenvalue weighted by atomic mass is 9.95. The van der Waals surface area contributed by atoms with Crippen molar-refractivity contribution in [3.63, 3.8) is 0 Å². The Balaban J connectivity index is 0.00000261. The first-order valence-electron chi connectivity index (χ1n) is 9.20. The predicted molar refractivity (Wildman–Crippen MR) is 122 cm³/mol. The maximum absolute atomic E-state index is 13.1. The van der Waals surface area contributed by atoms with Gasteiger partial charge in [0.1, 0.15) is 5.82 Å². The molecule has 0 aromatic heterocycles. The number of nitrogens with one attached hydrogen (secondary N) is 1. The molecule has 0 spiro atoms. The highest BCUT2D eigenvalue weighted by molar-refractivity contribution is 14.0. The van der Waals surface area contributed by atoms with Crippen LogP contribution in [0.3, 0.4) is 0 Å². The molecule has 0 bridgehead atoms. The smallest absolute Gasteiger partial charge is 0.193 e. The van der Waals surface area contributed by atoms with Gasteiger partial charge in [-0.2, -0.15) is 11.8 Å². The summed E-state index contributed by atoms with van der Waals surface area (Å²) in [6, 6.07) is 6.65. The van der Waals surface area contributed by atoms with Crippen LogP contribution in [0.15, 0.2) is 29.3 Å². The average molecular weight is 508 g/mol. The summed E-state index contributed by atoms with van der Waals surface area (Å²) < 4.78 is 18.6. The van der Waals surface area contributed by atoms with Gasteiger partial charge in [0.05, 0.1) is 13.2 Å². The zero-order valence-corrected chi connectivity index (χ0v) is 19.3. The van der Waals surface area contributed by atoms with Crippen LogP contribution in [0.5, 0.6) is 0 Å². The minimum absolute atomic E-state index is 0. The third-order valence-electron chi connectivity index (χ3n) is 5.25. The van der Waals surface area contributed by atoms with Gasteiger partial charge < -0.3 is 15.0 Å². The van der Waals surface area contributed by atoms with E-state index in [0.717, 1.165) is 50.1 Å². The quantitative estimate of drug-likeness (QED) is 0.377. The third kappa shape index (κ3) is 5.95. The molecular weight excluding hydrogens is 478 g/mol. The van der Waals surface area contributed by atoms with Crippen molar-refractivity contribution in [3.8, 4) is 0 Å². The van der Waals surface area contributed by atoms with Crippen LogP contribution in [0.1, 0.15) is 12.0 Å². The van der Waals surface area contributed by atoms with Gasteiger partial charge in [0.25, 0.3) is 0 Å². The van der Waals surface area contributed by atoms with E-state index in [-0.39, 0.29) is 35.3 Å². The molecule has 2 aliphatic heterocycles. The number of rotatable bonds is 5. The van der Waals surface area contributed by atoms with Crippen molar-refractivity contribution < 1.29 is 9.13 Å². The molecule has 27 heavy (non-hydrogen) atoms. The van der Waals surface area contributed by atoms with Crippen LogP contribution in [0.2, 0.25) is 0 Å². The van der Waals surface area contributed by atoms with Crippen molar-refractivity contribution in [1.82, 2.24) is 15.1 Å². The third-order valence-corrected chi connectivity index (χ3v) is 6.48. The Kier molecular flexibility index (Phi) is 9.10. The van der Waals surface area contributed by atoms with Gasteiger partial charge in [0, 0.05) is 51.6 Å². The van der Waals surface area contributed by atoms with Crippen molar-refractivity contribution in [3.05, 3.63) is 35.6 Å². The topological polar surface area (TPSA) is 40.1 Å². The van der Waals surface area contributed by atoms with Crippen LogP contribution in [-0.4, -0.2) is 79.7 Å². The summed E-state index contributed by atoms with van der Waals surface area (Å²) in [6.07, 6.45) is 1.20. The summed E-state index contributed by atoms with van der Waals surface area (Å²) in [4.78, 5) is 9.13. The number of thioether (sulfide) groups is 1. The SMILES string of the molecule is CN=C(NCC1(N2CCOCC2)CCSC1)N(C)Cc1ccc(F)cc1.I. The van der Waals surface area contributed by atoms with Crippen LogP contribution < -0.4 is 5.32 Å². The van der Waals surface area contributed by atoms with Gasteiger partial charge in [-0.25, -0.2) is 4.39 Å². The molecule has 2 saturated heterocycles. The lowest BCUT2D eigenvalue weighted by Crippen LogP contribution is -2.60. The molecule has 5 nitrogen and oxygen atoms in total. The summed E-state index contributed by atoms with van der Waals surface area (Å²) >= 11 is 2.03. The molecule has 1 unspecified atom stereocenters. The second-order valence-corrected chi connectivity index (χ2v) is 8.11. The zero-order valence-electron chi connectivity index (χ0n) is 16.1. The molecule has 8 heteroatoms. The van der Waals surface area contributed by atoms with Gasteiger partial charge in [-0.1, -0.05) is 12.1 Å². The van der Waals surface area contributed by atoms with Crippen LogP contribution >= 0.6 is 35.7 Å². The molecule has 0 saturated carbocycles. The van der Waals surface area contributed by atoms with E-state index in [9.17, 15) is 4.39 Å². The molecule has 1 N–H and O–H groups in total. The predicted octanol–water partition coefficient (Wildman–Crippen LogP) is 2.66. The van der Waals surface area contributed by atoms with E-state index < -0.39 is 0 Å². The Morgan fingerprint density at radius 2 is 2.04 bits per heavy atom. The Morgan fingerprint density at radius 3 is 2.63 bits per heavy atom. The molecule has 0 radical (unpaired) electrons. The molecule has 0 amide bonds. The second kappa shape index (κ2) is 10.8. The van der Waals surface area contributed by atoms with Gasteiger partial charge in [0.2, 0.25) is 0 Å². The molecule has 1 aromatic carbocycles. The van der Waals surface area contributed by atoms with E-state index in [1.807, 2.05) is 38.0 Å². The van der Waals surface area contributed by atoms with Gasteiger partial charge in [-0.05, 0) is 29.9 Å². The minimum Gasteiger partial charge on any atom is -0.379 e. The largest absolute Gasteiger partial charge is 0.379 e. The molecule has 152 valence electrons. The van der Waals surface area contributed by atoms with Gasteiger partial charge >= 0.3 is 0 Å². The molecule has 3 rings (SSSR count). The number of benzene rings is 1. The fourth-order valence-corrected chi connectivity index (χ4v) is 5.18. The van der Waals surface area contributed by atoms with Crippen molar-refractivity contribution >= 4 is 41.7 Å². The van der Waals surface area contributed by atoms with E-state index in [1.54, 1.807) is 0 Å². The number of morpholine rings is 1. The first-order chi connectivity index (χ1) is 12.6. The maximum atomic E-state index is 13.1. The Labute approximate surface area is 183 Å². The summed E-state index contributed by atoms with van der Waals surface area (Å²) in [6.45, 7) is 5.25. The standard InChI is InChI=1S/C19H29FN4OS.HI/c1-21-18(23(2)13-16-3-5-17(20)6-4-16)22-14-19(7-12-26-15-19)24-8-10-25-11-9-24;/h3-6H,7-15H2,1-2H3,(H,21,22);1H. The number of guanidine groups is 1. The van der Waals surface area contributed by atoms with Gasteiger partial charge in [-0.15, -0.1) is 24.0 Å². The number of hydrogen-bond acceptors (Lipinski definition) is 4. The molecular formula is C19H30FIN4OS. The highest BCUT2D eigenvalue weighted by atomic mass is 127. The Bertz CT molecular complexity index is 604. The number of ether oxygens (including phenoxy) is 1. The average Bonchev–Trinajstić information content (AvgIpc) is 3.15. The van der Waals surface area contributed by atoms with Crippen molar-refractivity contribution in [2.45, 2.75) is 18.5 Å². The van der Waals surface area contributed by atoms with E-state index >= 15 is 0 Å². The fourth-order valence-electron chi connectivity index (χ4n) is 3.70. The molecule has 0 aliphatic carbocycles. The summed E-state index contributed by atoms with van der Waals surface area (Å²) in [5.41, 5.74) is 1.25. The highest BCUT2D eigenvalue weighted by Crippen LogP contribution is 2.33. The monoisotopic (exact) mass is 508 g/mol. The van der Waals surface area contributed by atoms with Gasteiger partial charge in [-0.3, -0.25) is 9.89 Å². The van der Waals surface area contributed by atoms with Crippen LogP contribution in [-0.2, 0) is 11.3 Å². The van der Waals surface area contributed by atoms with Gasteiger partial charge in [0.15, 0.2) is 5.96 Å². The van der Waals surface area contributed by atoms with Crippen LogP contribution in [0.4, 0.5) is 4.39 Å². The van der Waals surface area contributed by atoms with E-state index in [4.69, 9.17) is 4.74 Å². The Morgan fingerprint density at radius 1 is 1.33 bits per heavy atom.